The topological polar surface area (TPSA) is 103 Å². The highest BCUT2D eigenvalue weighted by molar-refractivity contribution is 7.13. The standard InChI is InChI=1S/C24H17N3O5S/c28-22-16-9-4-5-10-17(16)23(29)27(22)18(13-15-7-2-1-3-8-15)24(30)31-14-20-25-21(26-32-20)19-11-6-12-33-19/h1-12,18H,13-14H2/t18-/m0/s1. The molecule has 33 heavy (non-hydrogen) atoms. The molecule has 0 saturated carbocycles. The summed E-state index contributed by atoms with van der Waals surface area (Å²) >= 11 is 1.46. The van der Waals surface area contributed by atoms with Crippen LogP contribution in [0.3, 0.4) is 0 Å². The van der Waals surface area contributed by atoms with Gasteiger partial charge in [0.15, 0.2) is 6.61 Å². The Morgan fingerprint density at radius 1 is 0.970 bits per heavy atom. The summed E-state index contributed by atoms with van der Waals surface area (Å²) in [4.78, 5) is 45.2. The molecule has 1 aliphatic heterocycles. The van der Waals surface area contributed by atoms with Crippen LogP contribution < -0.4 is 0 Å². The largest absolute Gasteiger partial charge is 0.454 e. The molecule has 0 N–H and O–H groups in total. The van der Waals surface area contributed by atoms with Crippen molar-refractivity contribution in [1.29, 1.82) is 0 Å². The smallest absolute Gasteiger partial charge is 0.330 e. The lowest BCUT2D eigenvalue weighted by molar-refractivity contribution is -0.150. The number of benzene rings is 2. The van der Waals surface area contributed by atoms with E-state index < -0.39 is 23.8 Å². The van der Waals surface area contributed by atoms with Crippen molar-refractivity contribution < 1.29 is 23.6 Å². The highest BCUT2D eigenvalue weighted by atomic mass is 32.1. The van der Waals surface area contributed by atoms with Gasteiger partial charge in [0.05, 0.1) is 16.0 Å². The normalized spacial score (nSPS) is 13.8. The Labute approximate surface area is 192 Å². The number of hydrogen-bond acceptors (Lipinski definition) is 8. The average molecular weight is 459 g/mol. The lowest BCUT2D eigenvalue weighted by Crippen LogP contribution is -2.47. The minimum absolute atomic E-state index is 0.118. The Bertz CT molecular complexity index is 1280. The maximum absolute atomic E-state index is 13.1. The van der Waals surface area contributed by atoms with Gasteiger partial charge in [0, 0.05) is 6.42 Å². The number of aromatic nitrogens is 2. The first kappa shape index (κ1) is 20.8. The minimum Gasteiger partial charge on any atom is -0.454 e. The van der Waals surface area contributed by atoms with Crippen LogP contribution in [0.5, 0.6) is 0 Å². The first-order chi connectivity index (χ1) is 16.1. The molecule has 0 radical (unpaired) electrons. The van der Waals surface area contributed by atoms with Crippen LogP contribution in [-0.4, -0.2) is 38.9 Å². The number of carbonyl (C=O) groups excluding carboxylic acids is 3. The first-order valence-electron chi connectivity index (χ1n) is 10.2. The highest BCUT2D eigenvalue weighted by Crippen LogP contribution is 2.27. The van der Waals surface area contributed by atoms with Crippen molar-refractivity contribution in [3.05, 3.63) is 94.7 Å². The van der Waals surface area contributed by atoms with Gasteiger partial charge in [-0.2, -0.15) is 4.98 Å². The minimum atomic E-state index is -1.14. The van der Waals surface area contributed by atoms with Crippen LogP contribution in [0.15, 0.2) is 76.6 Å². The molecule has 1 atom stereocenters. The molecule has 0 aliphatic carbocycles. The molecule has 4 aromatic rings. The third-order valence-electron chi connectivity index (χ3n) is 5.23. The van der Waals surface area contributed by atoms with Crippen LogP contribution in [0.1, 0.15) is 32.2 Å². The number of thiophene rings is 1. The van der Waals surface area contributed by atoms with Crippen LogP contribution >= 0.6 is 11.3 Å². The summed E-state index contributed by atoms with van der Waals surface area (Å²) in [5.41, 5.74) is 1.32. The summed E-state index contributed by atoms with van der Waals surface area (Å²) in [5, 5.41) is 5.78. The molecular weight excluding hydrogens is 442 g/mol. The van der Waals surface area contributed by atoms with E-state index in [0.717, 1.165) is 15.3 Å². The van der Waals surface area contributed by atoms with E-state index in [-0.39, 0.29) is 30.0 Å². The summed E-state index contributed by atoms with van der Waals surface area (Å²) < 4.78 is 10.6. The van der Waals surface area contributed by atoms with Crippen molar-refractivity contribution in [2.24, 2.45) is 0 Å². The number of ether oxygens (including phenoxy) is 1. The van der Waals surface area contributed by atoms with Gasteiger partial charge in [-0.3, -0.25) is 14.5 Å². The summed E-state index contributed by atoms with van der Waals surface area (Å²) in [6.45, 7) is -0.272. The molecule has 0 bridgehead atoms. The molecule has 2 aromatic heterocycles. The maximum atomic E-state index is 13.1. The Hall–Kier alpha value is -4.11. The number of carbonyl (C=O) groups is 3. The molecule has 8 nitrogen and oxygen atoms in total. The zero-order valence-electron chi connectivity index (χ0n) is 17.2. The predicted molar refractivity (Wildman–Crippen MR) is 118 cm³/mol. The number of imide groups is 1. The fourth-order valence-corrected chi connectivity index (χ4v) is 4.31. The van der Waals surface area contributed by atoms with Crippen LogP contribution in [0.2, 0.25) is 0 Å². The molecule has 2 amide bonds. The Morgan fingerprint density at radius 2 is 1.67 bits per heavy atom. The zero-order chi connectivity index (χ0) is 22.8. The third kappa shape index (κ3) is 4.06. The van der Waals surface area contributed by atoms with Gasteiger partial charge in [-0.1, -0.05) is 53.7 Å². The third-order valence-corrected chi connectivity index (χ3v) is 6.09. The van der Waals surface area contributed by atoms with Crippen molar-refractivity contribution >= 4 is 29.1 Å². The highest BCUT2D eigenvalue weighted by Gasteiger charge is 2.43. The molecular formula is C24H17N3O5S. The van der Waals surface area contributed by atoms with E-state index in [2.05, 4.69) is 10.1 Å². The zero-order valence-corrected chi connectivity index (χ0v) is 18.0. The molecule has 0 spiro atoms. The molecule has 0 unspecified atom stereocenters. The molecule has 0 fully saturated rings. The Morgan fingerprint density at radius 3 is 2.33 bits per heavy atom. The van der Waals surface area contributed by atoms with Crippen molar-refractivity contribution in [3.63, 3.8) is 0 Å². The lowest BCUT2D eigenvalue weighted by atomic mass is 10.0. The monoisotopic (exact) mass is 459 g/mol. The molecule has 0 saturated heterocycles. The second-order valence-electron chi connectivity index (χ2n) is 7.33. The Kier molecular flexibility index (Phi) is 5.54. The van der Waals surface area contributed by atoms with E-state index in [1.54, 1.807) is 24.3 Å². The number of amides is 2. The molecule has 164 valence electrons. The summed E-state index contributed by atoms with van der Waals surface area (Å²) in [7, 11) is 0. The lowest BCUT2D eigenvalue weighted by Gasteiger charge is -2.24. The van der Waals surface area contributed by atoms with Gasteiger partial charge in [-0.05, 0) is 29.1 Å². The van der Waals surface area contributed by atoms with E-state index in [0.29, 0.717) is 5.82 Å². The molecule has 2 aromatic carbocycles. The van der Waals surface area contributed by atoms with E-state index in [9.17, 15) is 14.4 Å². The van der Waals surface area contributed by atoms with Crippen LogP contribution in [0, 0.1) is 0 Å². The van der Waals surface area contributed by atoms with Crippen LogP contribution in [-0.2, 0) is 22.6 Å². The summed E-state index contributed by atoms with van der Waals surface area (Å²) in [5.74, 6) is -1.26. The van der Waals surface area contributed by atoms with Gasteiger partial charge >= 0.3 is 5.97 Å². The van der Waals surface area contributed by atoms with Gasteiger partial charge in [0.25, 0.3) is 17.7 Å². The number of hydrogen-bond donors (Lipinski definition) is 0. The first-order valence-corrected chi connectivity index (χ1v) is 11.0. The second kappa shape index (κ2) is 8.79. The average Bonchev–Trinajstić information content (AvgIpc) is 3.58. The SMILES string of the molecule is O=C(OCc1nc(-c2cccs2)no1)[C@H](Cc1ccccc1)N1C(=O)c2ccccc2C1=O. The molecule has 1 aliphatic rings. The van der Waals surface area contributed by atoms with Crippen LogP contribution in [0.4, 0.5) is 0 Å². The van der Waals surface area contributed by atoms with E-state index in [1.165, 1.54) is 11.3 Å². The van der Waals surface area contributed by atoms with Crippen molar-refractivity contribution in [1.82, 2.24) is 15.0 Å². The fraction of sp³-hybridized carbons (Fsp3) is 0.125. The predicted octanol–water partition coefficient (Wildman–Crippen LogP) is 3.75. The van der Waals surface area contributed by atoms with Gasteiger partial charge in [-0.25, -0.2) is 4.79 Å². The van der Waals surface area contributed by atoms with Gasteiger partial charge in [0.2, 0.25) is 5.82 Å². The number of fused-ring (bicyclic) bond motifs is 1. The van der Waals surface area contributed by atoms with Crippen molar-refractivity contribution in [2.75, 3.05) is 0 Å². The molecule has 9 heteroatoms. The second-order valence-corrected chi connectivity index (χ2v) is 8.28. The summed E-state index contributed by atoms with van der Waals surface area (Å²) in [6, 6.07) is 18.2. The molecule has 5 rings (SSSR count). The van der Waals surface area contributed by atoms with Gasteiger partial charge < -0.3 is 9.26 Å². The number of rotatable bonds is 7. The van der Waals surface area contributed by atoms with E-state index in [4.69, 9.17) is 9.26 Å². The maximum Gasteiger partial charge on any atom is 0.330 e. The number of esters is 1. The van der Waals surface area contributed by atoms with E-state index in [1.807, 2.05) is 47.8 Å². The summed E-state index contributed by atoms with van der Waals surface area (Å²) in [6.07, 6.45) is 0.120. The molecule has 3 heterocycles. The van der Waals surface area contributed by atoms with E-state index >= 15 is 0 Å². The van der Waals surface area contributed by atoms with Crippen molar-refractivity contribution in [3.8, 4) is 10.7 Å². The number of nitrogens with zero attached hydrogens (tertiary/aromatic N) is 3. The quantitative estimate of drug-likeness (QED) is 0.306. The van der Waals surface area contributed by atoms with Crippen molar-refractivity contribution in [2.45, 2.75) is 19.1 Å². The van der Waals surface area contributed by atoms with Crippen LogP contribution in [0.25, 0.3) is 10.7 Å². The Balaban J connectivity index is 1.37. The van der Waals surface area contributed by atoms with Gasteiger partial charge in [-0.15, -0.1) is 11.3 Å². The van der Waals surface area contributed by atoms with Gasteiger partial charge in [0.1, 0.15) is 6.04 Å². The fourth-order valence-electron chi connectivity index (χ4n) is 3.66.